The molecule has 0 saturated carbocycles. The van der Waals surface area contributed by atoms with Gasteiger partial charge in [0.05, 0.1) is 12.7 Å². The number of anilines is 1. The lowest BCUT2D eigenvalue weighted by Crippen LogP contribution is -2.27. The first kappa shape index (κ1) is 17.9. The molecule has 0 aromatic carbocycles. The van der Waals surface area contributed by atoms with Crippen molar-refractivity contribution in [3.63, 3.8) is 0 Å². The maximum atomic E-state index is 12.1. The fourth-order valence-electron chi connectivity index (χ4n) is 2.58. The van der Waals surface area contributed by atoms with Gasteiger partial charge in [-0.15, -0.1) is 11.3 Å². The van der Waals surface area contributed by atoms with Gasteiger partial charge in [0.25, 0.3) is 9.70 Å². The van der Waals surface area contributed by atoms with E-state index >= 15 is 0 Å². The molecule has 0 saturated heterocycles. The zero-order chi connectivity index (χ0) is 16.5. The van der Waals surface area contributed by atoms with Crippen molar-refractivity contribution in [1.82, 2.24) is 0 Å². The van der Waals surface area contributed by atoms with Gasteiger partial charge in [0, 0.05) is 4.88 Å². The van der Waals surface area contributed by atoms with Gasteiger partial charge < -0.3 is 10.1 Å². The minimum Gasteiger partial charge on any atom is -0.465 e. The molecule has 1 aliphatic rings. The number of hydrogen-bond acceptors (Lipinski definition) is 4. The van der Waals surface area contributed by atoms with Crippen LogP contribution in [0.2, 0.25) is 0 Å². The Kier molecular flexibility index (Phi) is 5.64. The number of carbonyl (C=O) groups is 2. The molecule has 122 valence electrons. The van der Waals surface area contributed by atoms with Crippen LogP contribution in [0.3, 0.4) is 0 Å². The first-order chi connectivity index (χ1) is 10.3. The average Bonchev–Trinajstić information content (AvgIpc) is 2.82. The van der Waals surface area contributed by atoms with Gasteiger partial charge in [-0.05, 0) is 30.7 Å². The number of halogens is 3. The first-order valence-corrected chi connectivity index (χ1v) is 8.84. The number of ether oxygens (including phenoxy) is 1. The van der Waals surface area contributed by atoms with Crippen molar-refractivity contribution in [2.24, 2.45) is 5.92 Å². The van der Waals surface area contributed by atoms with Crippen molar-refractivity contribution < 1.29 is 14.3 Å². The summed E-state index contributed by atoms with van der Waals surface area (Å²) in [4.78, 5) is 25.1. The Balaban J connectivity index is 2.39. The van der Waals surface area contributed by atoms with Crippen LogP contribution in [0.25, 0.3) is 0 Å². The summed E-state index contributed by atoms with van der Waals surface area (Å²) in [7, 11) is 1.31. The third-order valence-corrected chi connectivity index (χ3v) is 5.50. The van der Waals surface area contributed by atoms with Crippen molar-refractivity contribution in [3.8, 4) is 0 Å². The van der Waals surface area contributed by atoms with Crippen LogP contribution in [-0.2, 0) is 22.4 Å². The Morgan fingerprint density at radius 2 is 2.09 bits per heavy atom. The Morgan fingerprint density at radius 3 is 2.64 bits per heavy atom. The average molecular weight is 385 g/mol. The van der Waals surface area contributed by atoms with Crippen LogP contribution in [0.15, 0.2) is 0 Å². The van der Waals surface area contributed by atoms with Gasteiger partial charge in [-0.2, -0.15) is 0 Å². The lowest BCUT2D eigenvalue weighted by molar-refractivity contribution is -0.115. The molecule has 1 N–H and O–H groups in total. The van der Waals surface area contributed by atoms with E-state index in [1.54, 1.807) is 0 Å². The van der Waals surface area contributed by atoms with E-state index in [1.165, 1.54) is 18.4 Å². The number of esters is 1. The highest BCUT2D eigenvalue weighted by Crippen LogP contribution is 2.41. The van der Waals surface area contributed by atoms with Gasteiger partial charge in [-0.3, -0.25) is 4.79 Å². The molecule has 0 radical (unpaired) electrons. The lowest BCUT2D eigenvalue weighted by atomic mass is 9.86. The predicted molar refractivity (Wildman–Crippen MR) is 90.4 cm³/mol. The molecule has 0 bridgehead atoms. The molecule has 1 unspecified atom stereocenters. The highest BCUT2D eigenvalue weighted by atomic mass is 35.6. The molecule has 1 aromatic rings. The number of thiophene rings is 1. The number of rotatable bonds is 3. The number of alkyl halides is 3. The van der Waals surface area contributed by atoms with E-state index in [9.17, 15) is 9.59 Å². The Hall–Kier alpha value is -0.490. The van der Waals surface area contributed by atoms with E-state index in [0.29, 0.717) is 16.5 Å². The van der Waals surface area contributed by atoms with Crippen molar-refractivity contribution in [2.45, 2.75) is 36.4 Å². The third-order valence-electron chi connectivity index (χ3n) is 3.82. The molecule has 1 amide bonds. The number of nitrogens with one attached hydrogen (secondary N) is 1. The largest absolute Gasteiger partial charge is 0.465 e. The molecule has 1 heterocycles. The Bertz CT molecular complexity index is 595. The SMILES string of the molecule is CCC1CCc2c(sc(NC(=O)C(Cl)(Cl)Cl)c2C(=O)OC)C1. The monoisotopic (exact) mass is 383 g/mol. The highest BCUT2D eigenvalue weighted by Gasteiger charge is 2.34. The number of methoxy groups -OCH3 is 1. The Labute approximate surface area is 148 Å². The molecular weight excluding hydrogens is 369 g/mol. The second kappa shape index (κ2) is 6.95. The Morgan fingerprint density at radius 1 is 1.41 bits per heavy atom. The summed E-state index contributed by atoms with van der Waals surface area (Å²) < 4.78 is 2.76. The third kappa shape index (κ3) is 3.70. The van der Waals surface area contributed by atoms with Crippen molar-refractivity contribution in [1.29, 1.82) is 0 Å². The van der Waals surface area contributed by atoms with Crippen molar-refractivity contribution >= 4 is 63.0 Å². The quantitative estimate of drug-likeness (QED) is 0.622. The molecule has 0 spiro atoms. The molecule has 0 fully saturated rings. The molecular formula is C14H16Cl3NO3S. The molecule has 0 aliphatic heterocycles. The van der Waals surface area contributed by atoms with Crippen molar-refractivity contribution in [3.05, 3.63) is 16.0 Å². The zero-order valence-corrected chi connectivity index (χ0v) is 15.3. The first-order valence-electron chi connectivity index (χ1n) is 6.88. The number of fused-ring (bicyclic) bond motifs is 1. The molecule has 1 aromatic heterocycles. The number of amides is 1. The minimum absolute atomic E-state index is 0.389. The molecule has 1 atom stereocenters. The van der Waals surface area contributed by atoms with Gasteiger partial charge in [-0.25, -0.2) is 4.79 Å². The molecule has 22 heavy (non-hydrogen) atoms. The second-order valence-corrected chi connectivity index (χ2v) is 8.55. The highest BCUT2D eigenvalue weighted by molar-refractivity contribution is 7.17. The number of carbonyl (C=O) groups excluding carboxylic acids is 2. The summed E-state index contributed by atoms with van der Waals surface area (Å²) in [6, 6.07) is 0. The van der Waals surface area contributed by atoms with Gasteiger partial charge >= 0.3 is 5.97 Å². The maximum Gasteiger partial charge on any atom is 0.341 e. The van der Waals surface area contributed by atoms with E-state index in [1.807, 2.05) is 0 Å². The summed E-state index contributed by atoms with van der Waals surface area (Å²) in [6.45, 7) is 2.15. The smallest absolute Gasteiger partial charge is 0.341 e. The molecule has 4 nitrogen and oxygen atoms in total. The van der Waals surface area contributed by atoms with Gasteiger partial charge in [0.2, 0.25) is 0 Å². The maximum absolute atomic E-state index is 12.1. The summed E-state index contributed by atoms with van der Waals surface area (Å²) in [5.41, 5.74) is 1.33. The van der Waals surface area contributed by atoms with Crippen molar-refractivity contribution in [2.75, 3.05) is 12.4 Å². The van der Waals surface area contributed by atoms with Crippen LogP contribution >= 0.6 is 46.1 Å². The lowest BCUT2D eigenvalue weighted by Gasteiger charge is -2.20. The normalized spacial score (nSPS) is 17.8. The van der Waals surface area contributed by atoms with Crippen LogP contribution < -0.4 is 5.32 Å². The summed E-state index contributed by atoms with van der Waals surface area (Å²) in [6.07, 6.45) is 3.78. The van der Waals surface area contributed by atoms with E-state index < -0.39 is 15.7 Å². The van der Waals surface area contributed by atoms with E-state index in [0.717, 1.165) is 36.1 Å². The summed E-state index contributed by atoms with van der Waals surface area (Å²) in [5.74, 6) is -0.672. The molecule has 8 heteroatoms. The van der Waals surface area contributed by atoms with Crippen LogP contribution in [0.4, 0.5) is 5.00 Å². The topological polar surface area (TPSA) is 55.4 Å². The molecule has 1 aliphatic carbocycles. The fraction of sp³-hybridized carbons (Fsp3) is 0.571. The summed E-state index contributed by atoms with van der Waals surface area (Å²) >= 11 is 18.1. The van der Waals surface area contributed by atoms with Crippen LogP contribution in [0.1, 0.15) is 40.6 Å². The van der Waals surface area contributed by atoms with Crippen LogP contribution in [-0.4, -0.2) is 22.8 Å². The zero-order valence-electron chi connectivity index (χ0n) is 12.2. The fourth-order valence-corrected chi connectivity index (χ4v) is 4.07. The van der Waals surface area contributed by atoms with E-state index in [-0.39, 0.29) is 0 Å². The standard InChI is InChI=1S/C14H16Cl3NO3S/c1-3-7-4-5-8-9(6-7)22-11(10(8)12(19)21-2)18-13(20)14(15,16)17/h7H,3-6H2,1-2H3,(H,18,20). The summed E-state index contributed by atoms with van der Waals surface area (Å²) in [5, 5.41) is 2.93. The van der Waals surface area contributed by atoms with Gasteiger partial charge in [0.1, 0.15) is 5.00 Å². The van der Waals surface area contributed by atoms with E-state index in [2.05, 4.69) is 12.2 Å². The van der Waals surface area contributed by atoms with Crippen LogP contribution in [0, 0.1) is 5.92 Å². The second-order valence-electron chi connectivity index (χ2n) is 5.17. The minimum atomic E-state index is -2.08. The number of hydrogen-bond donors (Lipinski definition) is 1. The van der Waals surface area contributed by atoms with Gasteiger partial charge in [-0.1, -0.05) is 48.1 Å². The van der Waals surface area contributed by atoms with Gasteiger partial charge in [0.15, 0.2) is 0 Å². The molecule has 2 rings (SSSR count). The van der Waals surface area contributed by atoms with E-state index in [4.69, 9.17) is 39.5 Å². The van der Waals surface area contributed by atoms with Crippen LogP contribution in [0.5, 0.6) is 0 Å². The predicted octanol–water partition coefficient (Wildman–Crippen LogP) is 4.36.